The normalized spacial score (nSPS) is 19.2. The number of halogens is 4. The van der Waals surface area contributed by atoms with Gasteiger partial charge in [0, 0.05) is 18.8 Å². The van der Waals surface area contributed by atoms with Crippen LogP contribution in [0.15, 0.2) is 12.3 Å². The molecule has 1 aliphatic rings. The molecule has 1 aromatic heterocycles. The zero-order chi connectivity index (χ0) is 13.9. The lowest BCUT2D eigenvalue weighted by Gasteiger charge is -2.23. The van der Waals surface area contributed by atoms with Crippen molar-refractivity contribution in [3.05, 3.63) is 18.0 Å². The molecule has 2 rings (SSSR count). The van der Waals surface area contributed by atoms with Gasteiger partial charge < -0.3 is 10.6 Å². The standard InChI is InChI=1S/C11H15F3N4O.ClH/c12-11(13,14)9-3-5-18(17-9)7-10(19)16-8-2-1-4-15-6-8;/h3,5,8,15H,1-2,4,6-7H2,(H,16,19);1H/t8-;/m0./s1. The van der Waals surface area contributed by atoms with Crippen LogP contribution < -0.4 is 10.6 Å². The molecular formula is C11H16ClF3N4O. The Labute approximate surface area is 120 Å². The van der Waals surface area contributed by atoms with Crippen molar-refractivity contribution in [1.82, 2.24) is 20.4 Å². The summed E-state index contributed by atoms with van der Waals surface area (Å²) in [6.07, 6.45) is -1.47. The fourth-order valence-electron chi connectivity index (χ4n) is 2.00. The number of hydrogen-bond acceptors (Lipinski definition) is 3. The van der Waals surface area contributed by atoms with Crippen LogP contribution in [0.3, 0.4) is 0 Å². The van der Waals surface area contributed by atoms with Gasteiger partial charge in [0.05, 0.1) is 0 Å². The lowest BCUT2D eigenvalue weighted by molar-refractivity contribution is -0.141. The van der Waals surface area contributed by atoms with Gasteiger partial charge in [-0.05, 0) is 25.5 Å². The molecule has 20 heavy (non-hydrogen) atoms. The predicted molar refractivity (Wildman–Crippen MR) is 68.5 cm³/mol. The zero-order valence-corrected chi connectivity index (χ0v) is 11.4. The molecular weight excluding hydrogens is 297 g/mol. The van der Waals surface area contributed by atoms with Crippen LogP contribution in [0.1, 0.15) is 18.5 Å². The van der Waals surface area contributed by atoms with Gasteiger partial charge in [0.25, 0.3) is 0 Å². The minimum atomic E-state index is -4.48. The number of nitrogens with one attached hydrogen (secondary N) is 2. The number of rotatable bonds is 3. The van der Waals surface area contributed by atoms with E-state index in [4.69, 9.17) is 0 Å². The quantitative estimate of drug-likeness (QED) is 0.881. The molecule has 1 atom stereocenters. The summed E-state index contributed by atoms with van der Waals surface area (Å²) in [4.78, 5) is 11.7. The number of aromatic nitrogens is 2. The van der Waals surface area contributed by atoms with Gasteiger partial charge in [-0.15, -0.1) is 12.4 Å². The number of nitrogens with zero attached hydrogens (tertiary/aromatic N) is 2. The number of alkyl halides is 3. The number of piperidine rings is 1. The molecule has 0 bridgehead atoms. The van der Waals surface area contributed by atoms with Crippen LogP contribution >= 0.6 is 12.4 Å². The summed E-state index contributed by atoms with van der Waals surface area (Å²) >= 11 is 0. The van der Waals surface area contributed by atoms with E-state index in [0.717, 1.165) is 36.3 Å². The smallest absolute Gasteiger partial charge is 0.350 e. The van der Waals surface area contributed by atoms with Crippen LogP contribution in [-0.2, 0) is 17.5 Å². The van der Waals surface area contributed by atoms with Gasteiger partial charge in [-0.1, -0.05) is 0 Å². The van der Waals surface area contributed by atoms with E-state index < -0.39 is 11.9 Å². The summed E-state index contributed by atoms with van der Waals surface area (Å²) in [5.74, 6) is -0.328. The van der Waals surface area contributed by atoms with E-state index in [0.29, 0.717) is 6.54 Å². The maximum Gasteiger partial charge on any atom is 0.435 e. The molecule has 0 radical (unpaired) electrons. The lowest BCUT2D eigenvalue weighted by Crippen LogP contribution is -2.46. The maximum atomic E-state index is 12.3. The largest absolute Gasteiger partial charge is 0.435 e. The Morgan fingerprint density at radius 2 is 2.30 bits per heavy atom. The third-order valence-corrected chi connectivity index (χ3v) is 2.90. The summed E-state index contributed by atoms with van der Waals surface area (Å²) in [6, 6.07) is 0.897. The first-order valence-corrected chi connectivity index (χ1v) is 6.06. The molecule has 0 unspecified atom stereocenters. The third-order valence-electron chi connectivity index (χ3n) is 2.90. The molecule has 1 saturated heterocycles. The van der Waals surface area contributed by atoms with E-state index in [1.165, 1.54) is 0 Å². The van der Waals surface area contributed by atoms with Gasteiger partial charge in [-0.3, -0.25) is 9.48 Å². The Morgan fingerprint density at radius 3 is 2.85 bits per heavy atom. The van der Waals surface area contributed by atoms with Gasteiger partial charge in [-0.2, -0.15) is 18.3 Å². The highest BCUT2D eigenvalue weighted by atomic mass is 35.5. The van der Waals surface area contributed by atoms with Gasteiger partial charge >= 0.3 is 6.18 Å². The van der Waals surface area contributed by atoms with Gasteiger partial charge in [0.2, 0.25) is 5.91 Å². The molecule has 2 heterocycles. The van der Waals surface area contributed by atoms with Crippen molar-refractivity contribution < 1.29 is 18.0 Å². The van der Waals surface area contributed by atoms with Crippen molar-refractivity contribution in [2.24, 2.45) is 0 Å². The minimum absolute atomic E-state index is 0. The van der Waals surface area contributed by atoms with E-state index in [1.807, 2.05) is 0 Å². The second-order valence-corrected chi connectivity index (χ2v) is 4.51. The molecule has 0 aliphatic carbocycles. The van der Waals surface area contributed by atoms with E-state index in [-0.39, 0.29) is 30.9 Å². The summed E-state index contributed by atoms with van der Waals surface area (Å²) < 4.78 is 38.0. The number of carbonyl (C=O) groups excluding carboxylic acids is 1. The fraction of sp³-hybridized carbons (Fsp3) is 0.636. The van der Waals surface area contributed by atoms with Gasteiger partial charge in [0.15, 0.2) is 5.69 Å². The molecule has 9 heteroatoms. The van der Waals surface area contributed by atoms with Crippen LogP contribution in [0, 0.1) is 0 Å². The molecule has 0 aromatic carbocycles. The first-order chi connectivity index (χ1) is 8.95. The third kappa shape index (κ3) is 4.68. The monoisotopic (exact) mass is 312 g/mol. The fourth-order valence-corrected chi connectivity index (χ4v) is 2.00. The molecule has 0 saturated carbocycles. The van der Waals surface area contributed by atoms with Crippen LogP contribution in [-0.4, -0.2) is 34.8 Å². The van der Waals surface area contributed by atoms with Crippen LogP contribution in [0.2, 0.25) is 0 Å². The second-order valence-electron chi connectivity index (χ2n) is 4.51. The molecule has 1 aromatic rings. The van der Waals surface area contributed by atoms with Crippen molar-refractivity contribution in [2.45, 2.75) is 31.6 Å². The average Bonchev–Trinajstić information content (AvgIpc) is 2.78. The molecule has 1 fully saturated rings. The molecule has 0 spiro atoms. The van der Waals surface area contributed by atoms with Crippen molar-refractivity contribution in [2.75, 3.05) is 13.1 Å². The molecule has 2 N–H and O–H groups in total. The van der Waals surface area contributed by atoms with Crippen LogP contribution in [0.25, 0.3) is 0 Å². The van der Waals surface area contributed by atoms with Gasteiger partial charge in [0.1, 0.15) is 6.54 Å². The molecule has 114 valence electrons. The van der Waals surface area contributed by atoms with E-state index >= 15 is 0 Å². The Bertz CT molecular complexity index is 443. The summed E-state index contributed by atoms with van der Waals surface area (Å²) in [6.45, 7) is 1.42. The number of carbonyl (C=O) groups is 1. The minimum Gasteiger partial charge on any atom is -0.350 e. The van der Waals surface area contributed by atoms with E-state index in [2.05, 4.69) is 15.7 Å². The Morgan fingerprint density at radius 1 is 1.55 bits per heavy atom. The Kier molecular flexibility index (Phi) is 5.82. The van der Waals surface area contributed by atoms with Crippen molar-refractivity contribution in [3.63, 3.8) is 0 Å². The number of hydrogen-bond donors (Lipinski definition) is 2. The second kappa shape index (κ2) is 6.94. The summed E-state index contributed by atoms with van der Waals surface area (Å²) in [5.41, 5.74) is -0.986. The van der Waals surface area contributed by atoms with Crippen molar-refractivity contribution >= 4 is 18.3 Å². The molecule has 1 amide bonds. The molecule has 5 nitrogen and oxygen atoms in total. The van der Waals surface area contributed by atoms with E-state index in [9.17, 15) is 18.0 Å². The van der Waals surface area contributed by atoms with Crippen LogP contribution in [0.5, 0.6) is 0 Å². The topological polar surface area (TPSA) is 59.0 Å². The lowest BCUT2D eigenvalue weighted by atomic mass is 10.1. The highest BCUT2D eigenvalue weighted by Gasteiger charge is 2.33. The Hall–Kier alpha value is -1.28. The van der Waals surface area contributed by atoms with Crippen LogP contribution in [0.4, 0.5) is 13.2 Å². The Balaban J connectivity index is 0.00000200. The number of amides is 1. The first kappa shape index (κ1) is 16.8. The van der Waals surface area contributed by atoms with Crippen molar-refractivity contribution in [3.8, 4) is 0 Å². The highest BCUT2D eigenvalue weighted by molar-refractivity contribution is 5.85. The van der Waals surface area contributed by atoms with E-state index in [1.54, 1.807) is 0 Å². The van der Waals surface area contributed by atoms with Gasteiger partial charge in [-0.25, -0.2) is 0 Å². The zero-order valence-electron chi connectivity index (χ0n) is 10.6. The predicted octanol–water partition coefficient (Wildman–Crippen LogP) is 1.19. The molecule has 1 aliphatic heterocycles. The van der Waals surface area contributed by atoms with Crippen molar-refractivity contribution in [1.29, 1.82) is 0 Å². The highest BCUT2D eigenvalue weighted by Crippen LogP contribution is 2.27. The SMILES string of the molecule is Cl.O=C(Cn1ccc(C(F)(F)F)n1)N[C@H]1CCCNC1. The first-order valence-electron chi connectivity index (χ1n) is 6.06. The summed E-state index contributed by atoms with van der Waals surface area (Å²) in [5, 5.41) is 9.24. The maximum absolute atomic E-state index is 12.3. The average molecular weight is 313 g/mol. The summed E-state index contributed by atoms with van der Waals surface area (Å²) in [7, 11) is 0.